The van der Waals surface area contributed by atoms with Gasteiger partial charge in [0.2, 0.25) is 0 Å². The molecule has 0 bridgehead atoms. The number of unbranched alkanes of at least 4 members (excludes halogenated alkanes) is 22. The summed E-state index contributed by atoms with van der Waals surface area (Å²) in [6.07, 6.45) is 42.4. The zero-order chi connectivity index (χ0) is 26.2. The van der Waals surface area contributed by atoms with E-state index in [0.29, 0.717) is 13.0 Å². The van der Waals surface area contributed by atoms with Crippen molar-refractivity contribution in [2.45, 2.75) is 181 Å². The molecule has 0 aromatic heterocycles. The second-order valence-electron chi connectivity index (χ2n) is 10.8. The lowest BCUT2D eigenvalue weighted by Crippen LogP contribution is -2.04. The maximum absolute atomic E-state index is 11.8. The van der Waals surface area contributed by atoms with Crippen molar-refractivity contribution in [1.29, 1.82) is 0 Å². The zero-order valence-electron chi connectivity index (χ0n) is 24.7. The Morgan fingerprint density at radius 2 is 0.806 bits per heavy atom. The molecule has 212 valence electrons. The Morgan fingerprint density at radius 1 is 0.444 bits per heavy atom. The van der Waals surface area contributed by atoms with E-state index in [0.717, 1.165) is 12.8 Å². The van der Waals surface area contributed by atoms with Crippen LogP contribution < -0.4 is 0 Å². The highest BCUT2D eigenvalue weighted by Crippen LogP contribution is 2.13. The molecule has 0 spiro atoms. The van der Waals surface area contributed by atoms with Gasteiger partial charge in [-0.05, 0) is 38.5 Å². The van der Waals surface area contributed by atoms with E-state index in [-0.39, 0.29) is 5.97 Å². The third-order valence-corrected chi connectivity index (χ3v) is 7.09. The Labute approximate surface area is 227 Å². The number of hydrogen-bond acceptors (Lipinski definition) is 2. The van der Waals surface area contributed by atoms with Crippen molar-refractivity contribution in [3.63, 3.8) is 0 Å². The van der Waals surface area contributed by atoms with Gasteiger partial charge in [0.15, 0.2) is 0 Å². The van der Waals surface area contributed by atoms with Gasteiger partial charge in [-0.15, -0.1) is 0 Å². The van der Waals surface area contributed by atoms with Crippen LogP contribution in [-0.4, -0.2) is 12.6 Å². The average molecular weight is 505 g/mol. The van der Waals surface area contributed by atoms with E-state index in [1.54, 1.807) is 0 Å². The largest absolute Gasteiger partial charge is 0.465 e. The predicted octanol–water partition coefficient (Wildman–Crippen LogP) is 11.8. The molecule has 0 amide bonds. The fraction of sp³-hybridized carbons (Fsp3) is 0.853. The van der Waals surface area contributed by atoms with Crippen molar-refractivity contribution in [3.8, 4) is 0 Å². The molecule has 0 unspecified atom stereocenters. The quantitative estimate of drug-likeness (QED) is 0.0575. The molecule has 2 heteroatoms. The van der Waals surface area contributed by atoms with E-state index in [2.05, 4.69) is 32.1 Å². The highest BCUT2D eigenvalue weighted by Gasteiger charge is 1.99. The third-order valence-electron chi connectivity index (χ3n) is 7.09. The van der Waals surface area contributed by atoms with Crippen LogP contribution in [0.5, 0.6) is 0 Å². The molecule has 0 aliphatic rings. The molecule has 0 radical (unpaired) electrons. The second kappa shape index (κ2) is 32.0. The lowest BCUT2D eigenvalue weighted by molar-refractivity contribution is -0.142. The average Bonchev–Trinajstić information content (AvgIpc) is 2.88. The minimum atomic E-state index is -0.0651. The summed E-state index contributed by atoms with van der Waals surface area (Å²) in [6, 6.07) is 0. The number of carbonyl (C=O) groups is 1. The summed E-state index contributed by atoms with van der Waals surface area (Å²) in [5, 5.41) is 0. The smallest absolute Gasteiger partial charge is 0.309 e. The SMILES string of the molecule is CCCC/C=C/CCCCCCCCCCOC(=O)C/C=C\CCCCCCCCCCCCCC. The van der Waals surface area contributed by atoms with E-state index in [1.807, 2.05) is 6.08 Å². The van der Waals surface area contributed by atoms with Crippen LogP contribution in [0.2, 0.25) is 0 Å². The Morgan fingerprint density at radius 3 is 1.28 bits per heavy atom. The molecule has 0 rings (SSSR count). The first-order chi connectivity index (χ1) is 17.8. The Kier molecular flexibility index (Phi) is 31.0. The van der Waals surface area contributed by atoms with Crippen molar-refractivity contribution >= 4 is 5.97 Å². The third kappa shape index (κ3) is 31.0. The minimum absolute atomic E-state index is 0.0651. The Bertz CT molecular complexity index is 480. The van der Waals surface area contributed by atoms with Gasteiger partial charge in [-0.3, -0.25) is 4.79 Å². The number of allylic oxidation sites excluding steroid dienone is 3. The van der Waals surface area contributed by atoms with E-state index in [9.17, 15) is 4.79 Å². The summed E-state index contributed by atoms with van der Waals surface area (Å²) < 4.78 is 5.37. The summed E-state index contributed by atoms with van der Waals surface area (Å²) in [5.74, 6) is -0.0651. The van der Waals surface area contributed by atoms with Crippen LogP contribution in [0.4, 0.5) is 0 Å². The van der Waals surface area contributed by atoms with Crippen LogP contribution in [0.3, 0.4) is 0 Å². The van der Waals surface area contributed by atoms with Crippen LogP contribution in [-0.2, 0) is 9.53 Å². The van der Waals surface area contributed by atoms with Gasteiger partial charge in [-0.1, -0.05) is 160 Å². The van der Waals surface area contributed by atoms with Gasteiger partial charge in [-0.25, -0.2) is 0 Å². The molecule has 0 fully saturated rings. The number of hydrogen-bond donors (Lipinski definition) is 0. The zero-order valence-corrected chi connectivity index (χ0v) is 24.7. The molecular formula is C34H64O2. The molecule has 0 saturated carbocycles. The maximum Gasteiger partial charge on any atom is 0.309 e. The molecule has 36 heavy (non-hydrogen) atoms. The van der Waals surface area contributed by atoms with Crippen LogP contribution in [0.15, 0.2) is 24.3 Å². The van der Waals surface area contributed by atoms with Gasteiger partial charge in [0, 0.05) is 0 Å². The van der Waals surface area contributed by atoms with Crippen molar-refractivity contribution in [2.75, 3.05) is 6.61 Å². The molecule has 0 aromatic carbocycles. The minimum Gasteiger partial charge on any atom is -0.465 e. The van der Waals surface area contributed by atoms with Crippen LogP contribution in [0, 0.1) is 0 Å². The summed E-state index contributed by atoms with van der Waals surface area (Å²) in [4.78, 5) is 11.8. The highest BCUT2D eigenvalue weighted by atomic mass is 16.5. The molecule has 0 heterocycles. The monoisotopic (exact) mass is 504 g/mol. The molecule has 0 aliphatic heterocycles. The molecule has 0 atom stereocenters. The van der Waals surface area contributed by atoms with Gasteiger partial charge in [0.1, 0.15) is 0 Å². The van der Waals surface area contributed by atoms with Crippen molar-refractivity contribution in [2.24, 2.45) is 0 Å². The van der Waals surface area contributed by atoms with Crippen molar-refractivity contribution in [1.82, 2.24) is 0 Å². The lowest BCUT2D eigenvalue weighted by Gasteiger charge is -2.04. The van der Waals surface area contributed by atoms with Crippen LogP contribution >= 0.6 is 0 Å². The fourth-order valence-corrected chi connectivity index (χ4v) is 4.63. The lowest BCUT2D eigenvalue weighted by atomic mass is 10.0. The van der Waals surface area contributed by atoms with Gasteiger partial charge >= 0.3 is 5.97 Å². The number of esters is 1. The normalized spacial score (nSPS) is 11.7. The van der Waals surface area contributed by atoms with E-state index in [4.69, 9.17) is 4.74 Å². The maximum atomic E-state index is 11.8. The van der Waals surface area contributed by atoms with Crippen LogP contribution in [0.25, 0.3) is 0 Å². The molecule has 0 aliphatic carbocycles. The van der Waals surface area contributed by atoms with Crippen molar-refractivity contribution < 1.29 is 9.53 Å². The van der Waals surface area contributed by atoms with E-state index < -0.39 is 0 Å². The van der Waals surface area contributed by atoms with Gasteiger partial charge in [0.25, 0.3) is 0 Å². The van der Waals surface area contributed by atoms with Gasteiger partial charge in [0.05, 0.1) is 13.0 Å². The number of carbonyl (C=O) groups excluding carboxylic acids is 1. The molecule has 0 saturated heterocycles. The summed E-state index contributed by atoms with van der Waals surface area (Å²) >= 11 is 0. The second-order valence-corrected chi connectivity index (χ2v) is 10.8. The first kappa shape index (κ1) is 35.0. The molecule has 0 N–H and O–H groups in total. The van der Waals surface area contributed by atoms with E-state index >= 15 is 0 Å². The summed E-state index contributed by atoms with van der Waals surface area (Å²) in [7, 11) is 0. The predicted molar refractivity (Wildman–Crippen MR) is 161 cm³/mol. The Balaban J connectivity index is 3.24. The molecule has 2 nitrogen and oxygen atoms in total. The van der Waals surface area contributed by atoms with E-state index in [1.165, 1.54) is 148 Å². The van der Waals surface area contributed by atoms with Crippen molar-refractivity contribution in [3.05, 3.63) is 24.3 Å². The molecule has 0 aromatic rings. The first-order valence-electron chi connectivity index (χ1n) is 16.3. The topological polar surface area (TPSA) is 26.3 Å². The van der Waals surface area contributed by atoms with Gasteiger partial charge < -0.3 is 4.74 Å². The Hall–Kier alpha value is -1.05. The fourth-order valence-electron chi connectivity index (χ4n) is 4.63. The standard InChI is InChI=1S/C34H64O2/c1-3-5-7-9-11-13-15-17-19-20-22-24-26-28-30-32-34(35)36-33-31-29-27-25-23-21-18-16-14-12-10-8-6-4-2/h10,12,28,30H,3-9,11,13-27,29,31-33H2,1-2H3/b12-10+,30-28-. The van der Waals surface area contributed by atoms with Gasteiger partial charge in [-0.2, -0.15) is 0 Å². The number of ether oxygens (including phenoxy) is 1. The summed E-state index contributed by atoms with van der Waals surface area (Å²) in [5.41, 5.74) is 0. The van der Waals surface area contributed by atoms with Crippen LogP contribution in [0.1, 0.15) is 181 Å². The number of rotatable bonds is 29. The first-order valence-corrected chi connectivity index (χ1v) is 16.3. The molecular weight excluding hydrogens is 440 g/mol. The summed E-state index contributed by atoms with van der Waals surface area (Å²) in [6.45, 7) is 5.13. The highest BCUT2D eigenvalue weighted by molar-refractivity contribution is 5.71.